The smallest absolute Gasteiger partial charge is 0.337 e. The first-order chi connectivity index (χ1) is 11.0. The van der Waals surface area contributed by atoms with E-state index < -0.39 is 17.6 Å². The van der Waals surface area contributed by atoms with E-state index >= 15 is 0 Å². The Hall–Kier alpha value is -2.41. The summed E-state index contributed by atoms with van der Waals surface area (Å²) >= 11 is 0.307. The summed E-state index contributed by atoms with van der Waals surface area (Å²) < 4.78 is 29.7. The number of methoxy groups -OCH3 is 1. The van der Waals surface area contributed by atoms with Crippen molar-refractivity contribution in [3.8, 4) is 0 Å². The normalized spacial score (nSPS) is 10.4. The summed E-state index contributed by atoms with van der Waals surface area (Å²) in [5.41, 5.74) is 0.788. The van der Waals surface area contributed by atoms with Crippen LogP contribution >= 0.6 is 11.8 Å². The van der Waals surface area contributed by atoms with Crippen LogP contribution in [0, 0.1) is 0 Å². The number of carbonyl (C=O) groups is 2. The minimum Gasteiger partial charge on any atom is -0.465 e. The van der Waals surface area contributed by atoms with Gasteiger partial charge in [-0.1, -0.05) is 30.0 Å². The van der Waals surface area contributed by atoms with Gasteiger partial charge in [-0.2, -0.15) is 8.78 Å². The van der Waals surface area contributed by atoms with Crippen molar-refractivity contribution in [2.45, 2.75) is 10.7 Å². The van der Waals surface area contributed by atoms with Crippen LogP contribution in [-0.4, -0.2) is 24.7 Å². The third kappa shape index (κ3) is 4.53. The number of ether oxygens (including phenoxy) is 1. The highest BCUT2D eigenvalue weighted by molar-refractivity contribution is 7.99. The minimum absolute atomic E-state index is 0.140. The van der Waals surface area contributed by atoms with Crippen molar-refractivity contribution >= 4 is 29.3 Å². The predicted octanol–water partition coefficient (Wildman–Crippen LogP) is 4.04. The van der Waals surface area contributed by atoms with E-state index in [0.29, 0.717) is 17.4 Å². The summed E-state index contributed by atoms with van der Waals surface area (Å²) in [5.74, 6) is -3.68. The van der Waals surface area contributed by atoms with Crippen molar-refractivity contribution in [3.05, 3.63) is 59.7 Å². The summed E-state index contributed by atoms with van der Waals surface area (Å²) in [5, 5.41) is 2.59. The summed E-state index contributed by atoms with van der Waals surface area (Å²) in [7, 11) is 1.26. The van der Waals surface area contributed by atoms with Crippen molar-refractivity contribution in [3.63, 3.8) is 0 Å². The molecule has 0 heterocycles. The van der Waals surface area contributed by atoms with E-state index in [1.54, 1.807) is 30.3 Å². The van der Waals surface area contributed by atoms with E-state index in [1.165, 1.54) is 25.3 Å². The SMILES string of the molecule is COC(=O)c1cccc(NC(=O)c2ccccc2SC(F)F)c1. The van der Waals surface area contributed by atoms with Gasteiger partial charge in [0.15, 0.2) is 0 Å². The zero-order valence-electron chi connectivity index (χ0n) is 12.1. The average molecular weight is 337 g/mol. The second-order valence-electron chi connectivity index (χ2n) is 4.40. The van der Waals surface area contributed by atoms with E-state index in [-0.39, 0.29) is 16.0 Å². The van der Waals surface area contributed by atoms with Crippen LogP contribution in [-0.2, 0) is 4.74 Å². The molecule has 0 bridgehead atoms. The van der Waals surface area contributed by atoms with E-state index in [0.717, 1.165) is 0 Å². The fourth-order valence-electron chi connectivity index (χ4n) is 1.89. The van der Waals surface area contributed by atoms with Gasteiger partial charge in [0, 0.05) is 10.6 Å². The largest absolute Gasteiger partial charge is 0.465 e. The molecule has 0 aliphatic carbocycles. The van der Waals surface area contributed by atoms with Crippen molar-refractivity contribution in [2.75, 3.05) is 12.4 Å². The Morgan fingerprint density at radius 1 is 1.13 bits per heavy atom. The molecule has 1 amide bonds. The summed E-state index contributed by atoms with van der Waals surface area (Å²) in [6.45, 7) is 0. The summed E-state index contributed by atoms with van der Waals surface area (Å²) in [6.07, 6.45) is 0. The molecule has 0 fully saturated rings. The lowest BCUT2D eigenvalue weighted by atomic mass is 10.1. The number of nitrogens with one attached hydrogen (secondary N) is 1. The number of hydrogen-bond donors (Lipinski definition) is 1. The van der Waals surface area contributed by atoms with Gasteiger partial charge in [-0.25, -0.2) is 4.79 Å². The molecule has 23 heavy (non-hydrogen) atoms. The second kappa shape index (κ2) is 7.73. The molecule has 0 aliphatic heterocycles. The van der Waals surface area contributed by atoms with Gasteiger partial charge in [0.2, 0.25) is 0 Å². The van der Waals surface area contributed by atoms with Crippen LogP contribution in [0.3, 0.4) is 0 Å². The zero-order valence-corrected chi connectivity index (χ0v) is 12.9. The molecule has 0 spiro atoms. The molecule has 7 heteroatoms. The van der Waals surface area contributed by atoms with Crippen LogP contribution in [0.2, 0.25) is 0 Å². The number of benzene rings is 2. The molecule has 0 aromatic heterocycles. The Morgan fingerprint density at radius 3 is 2.57 bits per heavy atom. The zero-order chi connectivity index (χ0) is 16.8. The number of esters is 1. The molecule has 0 unspecified atom stereocenters. The van der Waals surface area contributed by atoms with Gasteiger partial charge < -0.3 is 10.1 Å². The third-order valence-corrected chi connectivity index (χ3v) is 3.68. The van der Waals surface area contributed by atoms with Crippen LogP contribution in [0.4, 0.5) is 14.5 Å². The van der Waals surface area contributed by atoms with Gasteiger partial charge >= 0.3 is 5.97 Å². The minimum atomic E-state index is -2.62. The van der Waals surface area contributed by atoms with Gasteiger partial charge in [0.05, 0.1) is 18.2 Å². The van der Waals surface area contributed by atoms with Crippen molar-refractivity contribution in [2.24, 2.45) is 0 Å². The summed E-state index contributed by atoms with van der Waals surface area (Å²) in [6, 6.07) is 12.3. The molecule has 2 aromatic rings. The Morgan fingerprint density at radius 2 is 1.87 bits per heavy atom. The second-order valence-corrected chi connectivity index (χ2v) is 5.43. The highest BCUT2D eigenvalue weighted by atomic mass is 32.2. The number of amides is 1. The molecule has 1 N–H and O–H groups in total. The number of thioether (sulfide) groups is 1. The predicted molar refractivity (Wildman–Crippen MR) is 84.0 cm³/mol. The van der Waals surface area contributed by atoms with E-state index in [9.17, 15) is 18.4 Å². The number of carbonyl (C=O) groups excluding carboxylic acids is 2. The van der Waals surface area contributed by atoms with Crippen molar-refractivity contribution < 1.29 is 23.1 Å². The van der Waals surface area contributed by atoms with Crippen LogP contribution < -0.4 is 5.32 Å². The standard InChI is InChI=1S/C16H13F2NO3S/c1-22-15(21)10-5-4-6-11(9-10)19-14(20)12-7-2-3-8-13(12)23-16(17)18/h2-9,16H,1H3,(H,19,20). The number of halogens is 2. The molecule has 0 atom stereocenters. The van der Waals surface area contributed by atoms with E-state index in [4.69, 9.17) is 0 Å². The van der Waals surface area contributed by atoms with Crippen molar-refractivity contribution in [1.29, 1.82) is 0 Å². The van der Waals surface area contributed by atoms with Gasteiger partial charge in [-0.05, 0) is 30.3 Å². The molecule has 0 aliphatic rings. The van der Waals surface area contributed by atoms with Gasteiger partial charge in [-0.15, -0.1) is 0 Å². The number of rotatable bonds is 5. The molecule has 2 aromatic carbocycles. The number of hydrogen-bond acceptors (Lipinski definition) is 4. The Labute approximate surface area is 135 Å². The maximum atomic E-state index is 12.6. The topological polar surface area (TPSA) is 55.4 Å². The fourth-order valence-corrected chi connectivity index (χ4v) is 2.53. The Bertz CT molecular complexity index is 722. The highest BCUT2D eigenvalue weighted by Gasteiger charge is 2.15. The maximum Gasteiger partial charge on any atom is 0.337 e. The third-order valence-electron chi connectivity index (χ3n) is 2.89. The quantitative estimate of drug-likeness (QED) is 0.661. The van der Waals surface area contributed by atoms with Crippen LogP contribution in [0.5, 0.6) is 0 Å². The van der Waals surface area contributed by atoms with Crippen LogP contribution in [0.15, 0.2) is 53.4 Å². The lowest BCUT2D eigenvalue weighted by molar-refractivity contribution is 0.0600. The first kappa shape index (κ1) is 17.0. The van der Waals surface area contributed by atoms with E-state index in [2.05, 4.69) is 10.1 Å². The molecule has 0 radical (unpaired) electrons. The monoisotopic (exact) mass is 337 g/mol. The first-order valence-corrected chi connectivity index (χ1v) is 7.43. The average Bonchev–Trinajstić information content (AvgIpc) is 2.54. The highest BCUT2D eigenvalue weighted by Crippen LogP contribution is 2.28. The molecule has 2 rings (SSSR count). The maximum absolute atomic E-state index is 12.6. The summed E-state index contributed by atoms with van der Waals surface area (Å²) in [4.78, 5) is 23.9. The van der Waals surface area contributed by atoms with Crippen LogP contribution in [0.1, 0.15) is 20.7 Å². The molecular weight excluding hydrogens is 324 g/mol. The Kier molecular flexibility index (Phi) is 5.70. The first-order valence-electron chi connectivity index (χ1n) is 6.55. The lowest BCUT2D eigenvalue weighted by Gasteiger charge is -2.10. The molecule has 0 saturated heterocycles. The van der Waals surface area contributed by atoms with Gasteiger partial charge in [0.1, 0.15) is 0 Å². The Balaban J connectivity index is 2.21. The van der Waals surface area contributed by atoms with Crippen LogP contribution in [0.25, 0.3) is 0 Å². The van der Waals surface area contributed by atoms with E-state index in [1.807, 2.05) is 0 Å². The number of alkyl halides is 2. The van der Waals surface area contributed by atoms with Crippen molar-refractivity contribution in [1.82, 2.24) is 0 Å². The lowest BCUT2D eigenvalue weighted by Crippen LogP contribution is -2.13. The van der Waals surface area contributed by atoms with Gasteiger partial charge in [-0.3, -0.25) is 4.79 Å². The molecule has 0 saturated carbocycles. The fraction of sp³-hybridized carbons (Fsp3) is 0.125. The molecule has 4 nitrogen and oxygen atoms in total. The van der Waals surface area contributed by atoms with Gasteiger partial charge in [0.25, 0.3) is 11.7 Å². The molecular formula is C16H13F2NO3S. The molecule has 120 valence electrons. The number of anilines is 1.